The minimum atomic E-state index is -0.122. The van der Waals surface area contributed by atoms with E-state index in [0.29, 0.717) is 5.92 Å². The quantitative estimate of drug-likeness (QED) is 0.769. The average Bonchev–Trinajstić information content (AvgIpc) is 2.55. The first kappa shape index (κ1) is 9.86. The molecule has 1 N–H and O–H groups in total. The molecule has 0 radical (unpaired) electrons. The van der Waals surface area contributed by atoms with E-state index in [0.717, 1.165) is 0 Å². The molecule has 0 aromatic heterocycles. The van der Waals surface area contributed by atoms with Crippen LogP contribution in [0.2, 0.25) is 0 Å². The summed E-state index contributed by atoms with van der Waals surface area (Å²) in [6.45, 7) is 4.58. The van der Waals surface area contributed by atoms with Crippen molar-refractivity contribution in [3.8, 4) is 0 Å². The van der Waals surface area contributed by atoms with Gasteiger partial charge in [-0.05, 0) is 27.8 Å². The molecule has 3 rings (SSSR count). The Hall–Kier alpha value is -1.34. The van der Waals surface area contributed by atoms with E-state index in [1.54, 1.807) is 0 Å². The third-order valence-electron chi connectivity index (χ3n) is 4.30. The molecule has 2 atom stereocenters. The summed E-state index contributed by atoms with van der Waals surface area (Å²) in [6, 6.07) is 12.9. The highest BCUT2D eigenvalue weighted by molar-refractivity contribution is 5.93. The molecule has 0 aliphatic heterocycles. The van der Waals surface area contributed by atoms with Gasteiger partial charge < -0.3 is 5.11 Å². The predicted molar refractivity (Wildman–Crippen MR) is 66.8 cm³/mol. The molecule has 2 aromatic carbocycles. The minimum Gasteiger partial charge on any atom is -0.395 e. The smallest absolute Gasteiger partial charge is 0.0531 e. The summed E-state index contributed by atoms with van der Waals surface area (Å²) in [4.78, 5) is 0. The van der Waals surface area contributed by atoms with Crippen molar-refractivity contribution >= 4 is 10.8 Å². The monoisotopic (exact) mass is 212 g/mol. The van der Waals surface area contributed by atoms with Gasteiger partial charge in [0.15, 0.2) is 0 Å². The van der Waals surface area contributed by atoms with Crippen molar-refractivity contribution in [2.24, 2.45) is 0 Å². The number of aliphatic hydroxyl groups is 1. The van der Waals surface area contributed by atoms with Gasteiger partial charge in [0.1, 0.15) is 0 Å². The van der Waals surface area contributed by atoms with E-state index in [2.05, 4.69) is 50.2 Å². The number of hydrogen-bond donors (Lipinski definition) is 1. The molecule has 1 heteroatoms. The van der Waals surface area contributed by atoms with Crippen molar-refractivity contribution in [1.29, 1.82) is 0 Å². The van der Waals surface area contributed by atoms with E-state index in [1.165, 1.54) is 21.9 Å². The van der Waals surface area contributed by atoms with Gasteiger partial charge in [-0.15, -0.1) is 0 Å². The van der Waals surface area contributed by atoms with Crippen LogP contribution in [0, 0.1) is 0 Å². The highest BCUT2D eigenvalue weighted by atomic mass is 16.3. The van der Waals surface area contributed by atoms with Crippen molar-refractivity contribution in [2.45, 2.75) is 25.2 Å². The lowest BCUT2D eigenvalue weighted by Crippen LogP contribution is -2.28. The Bertz CT molecular complexity index is 553. The van der Waals surface area contributed by atoms with Crippen molar-refractivity contribution in [3.05, 3.63) is 47.5 Å². The molecule has 1 nitrogen and oxygen atoms in total. The summed E-state index contributed by atoms with van der Waals surface area (Å²) in [5, 5.41) is 12.4. The van der Waals surface area contributed by atoms with Gasteiger partial charge in [-0.2, -0.15) is 0 Å². The largest absolute Gasteiger partial charge is 0.395 e. The van der Waals surface area contributed by atoms with Crippen molar-refractivity contribution in [1.82, 2.24) is 0 Å². The van der Waals surface area contributed by atoms with Gasteiger partial charge in [-0.25, -0.2) is 0 Å². The zero-order valence-electron chi connectivity index (χ0n) is 9.70. The van der Waals surface area contributed by atoms with Gasteiger partial charge in [-0.3, -0.25) is 0 Å². The lowest BCUT2D eigenvalue weighted by atomic mass is 9.77. The van der Waals surface area contributed by atoms with Gasteiger partial charge >= 0.3 is 0 Å². The minimum absolute atomic E-state index is 0.122. The molecule has 0 amide bonds. The van der Waals surface area contributed by atoms with Gasteiger partial charge in [-0.1, -0.05) is 50.2 Å². The van der Waals surface area contributed by atoms with Crippen LogP contribution in [0.15, 0.2) is 36.4 Å². The Kier molecular flexibility index (Phi) is 1.90. The van der Waals surface area contributed by atoms with Crippen LogP contribution >= 0.6 is 0 Å². The Labute approximate surface area is 95.7 Å². The van der Waals surface area contributed by atoms with Crippen LogP contribution in [0.4, 0.5) is 0 Å². The molecule has 1 aliphatic carbocycles. The molecular weight excluding hydrogens is 196 g/mol. The maximum atomic E-state index is 9.72. The fraction of sp³-hybridized carbons (Fsp3) is 0.333. The summed E-state index contributed by atoms with van der Waals surface area (Å²) >= 11 is 0. The van der Waals surface area contributed by atoms with Crippen LogP contribution in [0.25, 0.3) is 10.8 Å². The SMILES string of the molecule is C[C@@H]1c2cccc3cccc(c23)[C@]1(C)CO. The third kappa shape index (κ3) is 0.992. The number of benzene rings is 2. The molecule has 0 spiro atoms. The first-order chi connectivity index (χ1) is 7.68. The van der Waals surface area contributed by atoms with E-state index in [9.17, 15) is 5.11 Å². The molecule has 0 bridgehead atoms. The predicted octanol–water partition coefficient (Wildman–Crippen LogP) is 3.21. The van der Waals surface area contributed by atoms with Gasteiger partial charge in [0.2, 0.25) is 0 Å². The van der Waals surface area contributed by atoms with Crippen LogP contribution in [-0.4, -0.2) is 11.7 Å². The first-order valence-electron chi connectivity index (χ1n) is 5.81. The zero-order chi connectivity index (χ0) is 11.3. The lowest BCUT2D eigenvalue weighted by molar-refractivity contribution is 0.191. The summed E-state index contributed by atoms with van der Waals surface area (Å²) in [7, 11) is 0. The van der Waals surface area contributed by atoms with Crippen molar-refractivity contribution in [2.75, 3.05) is 6.61 Å². The summed E-state index contributed by atoms with van der Waals surface area (Å²) in [6.07, 6.45) is 0. The molecule has 82 valence electrons. The van der Waals surface area contributed by atoms with Crippen molar-refractivity contribution < 1.29 is 5.11 Å². The third-order valence-corrected chi connectivity index (χ3v) is 4.30. The average molecular weight is 212 g/mol. The number of rotatable bonds is 1. The summed E-state index contributed by atoms with van der Waals surface area (Å²) in [5.74, 6) is 0.388. The normalized spacial score (nSPS) is 27.6. The van der Waals surface area contributed by atoms with E-state index in [1.807, 2.05) is 0 Å². The first-order valence-corrected chi connectivity index (χ1v) is 5.81. The molecule has 2 aromatic rings. The summed E-state index contributed by atoms with van der Waals surface area (Å²) in [5.41, 5.74) is 2.56. The molecule has 0 unspecified atom stereocenters. The standard InChI is InChI=1S/C15H16O/c1-10-12-7-3-5-11-6-4-8-13(14(11)12)15(10,2)9-16/h3-8,10,16H,9H2,1-2H3/t10-,15-/m1/s1. The summed E-state index contributed by atoms with van der Waals surface area (Å²) < 4.78 is 0. The van der Waals surface area contributed by atoms with E-state index in [4.69, 9.17) is 0 Å². The second-order valence-corrected chi connectivity index (χ2v) is 5.05. The highest BCUT2D eigenvalue weighted by Crippen LogP contribution is 2.49. The lowest BCUT2D eigenvalue weighted by Gasteiger charge is -2.28. The van der Waals surface area contributed by atoms with Crippen LogP contribution in [-0.2, 0) is 5.41 Å². The van der Waals surface area contributed by atoms with Gasteiger partial charge in [0.05, 0.1) is 6.61 Å². The zero-order valence-corrected chi connectivity index (χ0v) is 9.70. The number of hydrogen-bond acceptors (Lipinski definition) is 1. The molecule has 1 aliphatic rings. The van der Waals surface area contributed by atoms with Gasteiger partial charge in [0, 0.05) is 5.41 Å². The van der Waals surface area contributed by atoms with Crippen LogP contribution in [0.1, 0.15) is 30.9 Å². The Morgan fingerprint density at radius 3 is 2.56 bits per heavy atom. The van der Waals surface area contributed by atoms with Crippen LogP contribution in [0.5, 0.6) is 0 Å². The van der Waals surface area contributed by atoms with E-state index >= 15 is 0 Å². The Morgan fingerprint density at radius 1 is 1.19 bits per heavy atom. The molecule has 0 saturated heterocycles. The molecular formula is C15H16O. The van der Waals surface area contributed by atoms with E-state index < -0.39 is 0 Å². The molecule has 16 heavy (non-hydrogen) atoms. The van der Waals surface area contributed by atoms with E-state index in [-0.39, 0.29) is 12.0 Å². The topological polar surface area (TPSA) is 20.2 Å². The Balaban J connectivity index is 2.44. The molecule has 0 heterocycles. The maximum absolute atomic E-state index is 9.72. The van der Waals surface area contributed by atoms with Crippen molar-refractivity contribution in [3.63, 3.8) is 0 Å². The number of aliphatic hydroxyl groups excluding tert-OH is 1. The molecule has 0 fully saturated rings. The second kappa shape index (κ2) is 3.08. The highest BCUT2D eigenvalue weighted by Gasteiger charge is 2.40. The fourth-order valence-corrected chi connectivity index (χ4v) is 3.01. The molecule has 0 saturated carbocycles. The van der Waals surface area contributed by atoms with Crippen LogP contribution < -0.4 is 0 Å². The maximum Gasteiger partial charge on any atom is 0.0531 e. The van der Waals surface area contributed by atoms with Crippen LogP contribution in [0.3, 0.4) is 0 Å². The second-order valence-electron chi connectivity index (χ2n) is 5.05. The fourth-order valence-electron chi connectivity index (χ4n) is 3.01. The Morgan fingerprint density at radius 2 is 1.88 bits per heavy atom. The van der Waals surface area contributed by atoms with Gasteiger partial charge in [0.25, 0.3) is 0 Å².